The molecule has 0 aliphatic carbocycles. The summed E-state index contributed by atoms with van der Waals surface area (Å²) in [5, 5.41) is 1.50. The van der Waals surface area contributed by atoms with Crippen molar-refractivity contribution >= 4 is 28.8 Å². The molecule has 2 aliphatic heterocycles. The molecule has 0 N–H and O–H groups in total. The van der Waals surface area contributed by atoms with Gasteiger partial charge in [0, 0.05) is 24.7 Å². The maximum Gasteiger partial charge on any atom is 0.265 e. The molecular formula is C21H26ClN3OS. The zero-order valence-electron chi connectivity index (χ0n) is 15.8. The molecule has 1 amide bonds. The molecule has 3 heterocycles. The molecule has 2 fully saturated rings. The highest BCUT2D eigenvalue weighted by Crippen LogP contribution is 2.33. The average molecular weight is 404 g/mol. The zero-order valence-corrected chi connectivity index (χ0v) is 17.4. The second-order valence-corrected chi connectivity index (χ2v) is 8.94. The van der Waals surface area contributed by atoms with E-state index in [9.17, 15) is 4.79 Å². The predicted octanol–water partition coefficient (Wildman–Crippen LogP) is 4.86. The van der Waals surface area contributed by atoms with Crippen LogP contribution in [0, 0.1) is 6.92 Å². The van der Waals surface area contributed by atoms with Crippen LogP contribution >= 0.6 is 22.9 Å². The number of likely N-dealkylation sites (tertiary alicyclic amines) is 2. The Morgan fingerprint density at radius 1 is 1.11 bits per heavy atom. The minimum Gasteiger partial charge on any atom is -0.338 e. The first-order chi connectivity index (χ1) is 13.1. The number of carbonyl (C=O) groups excluding carboxylic acids is 1. The molecule has 4 rings (SSSR count). The summed E-state index contributed by atoms with van der Waals surface area (Å²) in [6, 6.07) is 8.32. The third kappa shape index (κ3) is 4.05. The molecule has 27 heavy (non-hydrogen) atoms. The van der Waals surface area contributed by atoms with Crippen LogP contribution in [0.2, 0.25) is 5.02 Å². The molecule has 2 aromatic rings. The third-order valence-corrected chi connectivity index (χ3v) is 7.26. The van der Waals surface area contributed by atoms with Crippen LogP contribution in [0.5, 0.6) is 0 Å². The Morgan fingerprint density at radius 2 is 1.81 bits per heavy atom. The quantitative estimate of drug-likeness (QED) is 0.734. The SMILES string of the molecule is Cc1nc(-c2ccccc2Cl)sc1C(=O)N1CCC(N2CCCCC2)CC1. The van der Waals surface area contributed by atoms with Crippen LogP contribution in [0.1, 0.15) is 47.5 Å². The number of aromatic nitrogens is 1. The zero-order chi connectivity index (χ0) is 18.8. The Labute approximate surface area is 170 Å². The van der Waals surface area contributed by atoms with E-state index < -0.39 is 0 Å². The highest BCUT2D eigenvalue weighted by molar-refractivity contribution is 7.17. The minimum absolute atomic E-state index is 0.125. The van der Waals surface area contributed by atoms with Crippen molar-refractivity contribution in [2.45, 2.75) is 45.1 Å². The van der Waals surface area contributed by atoms with Gasteiger partial charge in [-0.3, -0.25) is 4.79 Å². The summed E-state index contributed by atoms with van der Waals surface area (Å²) in [4.78, 5) is 23.1. The molecule has 2 saturated heterocycles. The molecule has 1 aromatic heterocycles. The summed E-state index contributed by atoms with van der Waals surface area (Å²) in [5.74, 6) is 0.125. The fourth-order valence-corrected chi connectivity index (χ4v) is 5.56. The Hall–Kier alpha value is -1.43. The number of amides is 1. The number of benzene rings is 1. The Bertz CT molecular complexity index is 808. The topological polar surface area (TPSA) is 36.4 Å². The molecular weight excluding hydrogens is 378 g/mol. The Balaban J connectivity index is 1.44. The number of nitrogens with zero attached hydrogens (tertiary/aromatic N) is 3. The minimum atomic E-state index is 0.125. The van der Waals surface area contributed by atoms with Crippen LogP contribution in [0.4, 0.5) is 0 Å². The van der Waals surface area contributed by atoms with E-state index in [4.69, 9.17) is 11.6 Å². The lowest BCUT2D eigenvalue weighted by Gasteiger charge is -2.40. The summed E-state index contributed by atoms with van der Waals surface area (Å²) in [7, 11) is 0. The van der Waals surface area contributed by atoms with E-state index in [0.29, 0.717) is 11.1 Å². The van der Waals surface area contributed by atoms with Crippen molar-refractivity contribution in [3.63, 3.8) is 0 Å². The molecule has 0 atom stereocenters. The smallest absolute Gasteiger partial charge is 0.265 e. The van der Waals surface area contributed by atoms with E-state index in [1.54, 1.807) is 0 Å². The molecule has 144 valence electrons. The Morgan fingerprint density at radius 3 is 2.52 bits per heavy atom. The van der Waals surface area contributed by atoms with Crippen LogP contribution in [-0.2, 0) is 0 Å². The van der Waals surface area contributed by atoms with E-state index in [1.807, 2.05) is 36.1 Å². The van der Waals surface area contributed by atoms with Crippen LogP contribution in [0.25, 0.3) is 10.6 Å². The monoisotopic (exact) mass is 403 g/mol. The van der Waals surface area contributed by atoms with Gasteiger partial charge in [0.2, 0.25) is 0 Å². The molecule has 2 aliphatic rings. The normalized spacial score (nSPS) is 19.4. The van der Waals surface area contributed by atoms with E-state index in [0.717, 1.165) is 47.1 Å². The van der Waals surface area contributed by atoms with E-state index in [2.05, 4.69) is 9.88 Å². The van der Waals surface area contributed by atoms with Gasteiger partial charge in [0.15, 0.2) is 0 Å². The van der Waals surface area contributed by atoms with Crippen molar-refractivity contribution in [2.75, 3.05) is 26.2 Å². The molecule has 0 radical (unpaired) electrons. The number of hydrogen-bond acceptors (Lipinski definition) is 4. The first-order valence-electron chi connectivity index (χ1n) is 9.89. The summed E-state index contributed by atoms with van der Waals surface area (Å²) in [6.45, 7) is 6.07. The summed E-state index contributed by atoms with van der Waals surface area (Å²) in [6.07, 6.45) is 6.18. The van der Waals surface area contributed by atoms with Crippen LogP contribution in [0.3, 0.4) is 0 Å². The van der Waals surface area contributed by atoms with Gasteiger partial charge >= 0.3 is 0 Å². The van der Waals surface area contributed by atoms with Gasteiger partial charge in [-0.2, -0.15) is 0 Å². The molecule has 1 aromatic carbocycles. The summed E-state index contributed by atoms with van der Waals surface area (Å²) < 4.78 is 0. The highest BCUT2D eigenvalue weighted by atomic mass is 35.5. The molecule has 0 bridgehead atoms. The van der Waals surface area contributed by atoms with Crippen LogP contribution in [-0.4, -0.2) is 52.9 Å². The number of hydrogen-bond donors (Lipinski definition) is 0. The van der Waals surface area contributed by atoms with Crippen LogP contribution < -0.4 is 0 Å². The Kier molecular flexibility index (Phi) is 5.81. The number of halogens is 1. The number of thiazole rings is 1. The number of aryl methyl sites for hydroxylation is 1. The maximum absolute atomic E-state index is 13.1. The molecule has 4 nitrogen and oxygen atoms in total. The van der Waals surface area contributed by atoms with Crippen molar-refractivity contribution in [1.29, 1.82) is 0 Å². The molecule has 0 spiro atoms. The van der Waals surface area contributed by atoms with Gasteiger partial charge in [0.1, 0.15) is 9.88 Å². The van der Waals surface area contributed by atoms with E-state index >= 15 is 0 Å². The second-order valence-electron chi connectivity index (χ2n) is 7.53. The lowest BCUT2D eigenvalue weighted by Crippen LogP contribution is -2.48. The molecule has 0 saturated carbocycles. The van der Waals surface area contributed by atoms with Crippen molar-refractivity contribution < 1.29 is 4.79 Å². The standard InChI is InChI=1S/C21H26ClN3OS/c1-15-19(27-20(23-15)17-7-3-4-8-18(17)22)21(26)25-13-9-16(10-14-25)24-11-5-2-6-12-24/h3-4,7-8,16H,2,5-6,9-14H2,1H3. The van der Waals surface area contributed by atoms with Gasteiger partial charge in [-0.05, 0) is 51.8 Å². The third-order valence-electron chi connectivity index (χ3n) is 5.75. The number of rotatable bonds is 3. The maximum atomic E-state index is 13.1. The lowest BCUT2D eigenvalue weighted by atomic mass is 10.00. The first-order valence-corrected chi connectivity index (χ1v) is 11.1. The van der Waals surface area contributed by atoms with Gasteiger partial charge in [0.05, 0.1) is 10.7 Å². The lowest BCUT2D eigenvalue weighted by molar-refractivity contribution is 0.0593. The fraction of sp³-hybridized carbons (Fsp3) is 0.524. The van der Waals surface area contributed by atoms with Crippen molar-refractivity contribution in [1.82, 2.24) is 14.8 Å². The van der Waals surface area contributed by atoms with E-state index in [1.165, 1.54) is 43.7 Å². The number of piperidine rings is 2. The van der Waals surface area contributed by atoms with Crippen molar-refractivity contribution in [3.05, 3.63) is 39.9 Å². The first kappa shape index (κ1) is 18.9. The number of carbonyl (C=O) groups is 1. The largest absolute Gasteiger partial charge is 0.338 e. The predicted molar refractivity (Wildman–Crippen MR) is 112 cm³/mol. The van der Waals surface area contributed by atoms with Gasteiger partial charge < -0.3 is 9.80 Å². The molecule has 0 unspecified atom stereocenters. The molecule has 6 heteroatoms. The van der Waals surface area contributed by atoms with Gasteiger partial charge in [-0.25, -0.2) is 4.98 Å². The average Bonchev–Trinajstić information content (AvgIpc) is 3.10. The van der Waals surface area contributed by atoms with E-state index in [-0.39, 0.29) is 5.91 Å². The fourth-order valence-electron chi connectivity index (χ4n) is 4.21. The van der Waals surface area contributed by atoms with Gasteiger partial charge in [0.25, 0.3) is 5.91 Å². The second kappa shape index (κ2) is 8.29. The summed E-state index contributed by atoms with van der Waals surface area (Å²) in [5.41, 5.74) is 1.70. The van der Waals surface area contributed by atoms with Crippen molar-refractivity contribution in [3.8, 4) is 10.6 Å². The summed E-state index contributed by atoms with van der Waals surface area (Å²) >= 11 is 7.77. The van der Waals surface area contributed by atoms with Gasteiger partial charge in [-0.15, -0.1) is 11.3 Å². The van der Waals surface area contributed by atoms with Gasteiger partial charge in [-0.1, -0.05) is 36.2 Å². The van der Waals surface area contributed by atoms with Crippen molar-refractivity contribution in [2.24, 2.45) is 0 Å². The highest BCUT2D eigenvalue weighted by Gasteiger charge is 2.29. The van der Waals surface area contributed by atoms with Crippen LogP contribution in [0.15, 0.2) is 24.3 Å².